The van der Waals surface area contributed by atoms with E-state index in [1.54, 1.807) is 6.42 Å². The molecule has 0 aliphatic carbocycles. The largest absolute Gasteiger partial charge is 0.752 e. The molecule has 0 aliphatic heterocycles. The Hall–Kier alpha value is 90.5. The van der Waals surface area contributed by atoms with Gasteiger partial charge in [0.05, 0.1) is 0 Å². The molecule has 0 rings (SSSR count). The molecule has 83 heteroatoms. The number of nitrogens with one attached hydrogen (secondary N) is 1. The number of hydrogen-bond donors (Lipinski definition) is 0. The van der Waals surface area contributed by atoms with E-state index in [9.17, 15) is 0 Å². The van der Waals surface area contributed by atoms with Gasteiger partial charge in [-0.1, -0.05) is 69.2 Å². The summed E-state index contributed by atoms with van der Waals surface area (Å²) in [6, 6.07) is 0. The molecule has 0 heterocycles. The van der Waals surface area contributed by atoms with Gasteiger partial charge in [-0.3, -0.25) is 0 Å². The summed E-state index contributed by atoms with van der Waals surface area (Å²) in [6.45, 7) is 30.4. The van der Waals surface area contributed by atoms with Crippen molar-refractivity contribution in [3.63, 3.8) is 0 Å². The minimum Gasteiger partial charge on any atom is -0.752 e. The molecule has 0 amide bonds. The van der Waals surface area contributed by atoms with E-state index in [0.29, 0.717) is 6.42 Å². The second kappa shape index (κ2) is 751. The third-order valence-electron chi connectivity index (χ3n) is 0.535. The maximum absolute atomic E-state index is 7.01. The number of hydrogen-bond acceptors (Lipinski definition) is 0. The van der Waals surface area contributed by atoms with E-state index in [0.717, 1.165) is 0 Å². The summed E-state index contributed by atoms with van der Waals surface area (Å²) in [4.78, 5) is 0. The second-order valence-corrected chi connectivity index (χ2v) is 1.65. The van der Waals surface area contributed by atoms with Gasteiger partial charge in [0.25, 0.3) is 0 Å². The smallest absolute Gasteiger partial charge is 0 e. The van der Waals surface area contributed by atoms with E-state index in [1.165, 1.54) is 0 Å². The zero-order valence-electron chi connectivity index (χ0n) is 67.7. The van der Waals surface area contributed by atoms with Crippen molar-refractivity contribution in [3.05, 3.63) is 77.5 Å². The summed E-state index contributed by atoms with van der Waals surface area (Å²) in [5.41, 5.74) is 6.13. The first kappa shape index (κ1) is 718. The van der Waals surface area contributed by atoms with Crippen LogP contribution in [0.1, 0.15) is 75.7 Å². The van der Waals surface area contributed by atoms with Crippen molar-refractivity contribution in [2.24, 2.45) is 0 Å². The summed E-state index contributed by atoms with van der Waals surface area (Å²) in [5.74, 6) is 0. The van der Waals surface area contributed by atoms with Gasteiger partial charge in [-0.2, -0.15) is 0 Å². The van der Waals surface area contributed by atoms with Crippen LogP contribution in [0.5, 0.6) is 0 Å². The molecule has 0 saturated heterocycles. The molecular formula is C22H58NY82-11. The van der Waals surface area contributed by atoms with Crippen LogP contribution in [0.25, 0.3) is 5.73 Å². The van der Waals surface area contributed by atoms with Crippen LogP contribution in [0.3, 0.4) is 0 Å². The van der Waals surface area contributed by atoms with E-state index in [4.69, 9.17) is 5.73 Å². The molecule has 1 nitrogen and oxygen atoms in total. The Kier molecular flexibility index (Phi) is 5130. The molecule has 105 heavy (non-hydrogen) atoms. The van der Waals surface area contributed by atoms with E-state index in [1.807, 2.05) is 69.2 Å². The summed E-state index contributed by atoms with van der Waals surface area (Å²) < 4.78 is 0. The minimum absolute atomic E-state index is 0. The van der Waals surface area contributed by atoms with Gasteiger partial charge in [-0.25, -0.2) is 0 Å². The van der Waals surface area contributed by atoms with Crippen molar-refractivity contribution >= 4 is 0 Å². The van der Waals surface area contributed by atoms with Gasteiger partial charge in [0, 0.05) is 2680 Å². The Labute approximate surface area is 2730 Å². The van der Waals surface area contributed by atoms with Gasteiger partial charge in [0.2, 0.25) is 0 Å². The number of rotatable bonds is 2. The Morgan fingerprint density at radius 2 is 0.171 bits per heavy atom. The molecule has 0 aromatic rings. The van der Waals surface area contributed by atoms with Crippen LogP contribution in [0.2, 0.25) is 0 Å². The summed E-state index contributed by atoms with van der Waals surface area (Å²) in [6.07, 6.45) is 2.27. The van der Waals surface area contributed by atoms with E-state index >= 15 is 0 Å². The van der Waals surface area contributed by atoms with Crippen LogP contribution >= 0.6 is 0 Å². The molecule has 408 valence electrons. The average molecular weight is 7630 g/mol. The zero-order chi connectivity index (χ0) is 15.9. The Balaban J connectivity index is -0.000000000131. The first-order valence-electron chi connectivity index (χ1n) is 7.15. The van der Waals surface area contributed by atoms with Gasteiger partial charge in [-0.15, -0.1) is 0 Å². The van der Waals surface area contributed by atoms with Crippen LogP contribution < -0.4 is 0 Å². The van der Waals surface area contributed by atoms with Crippen LogP contribution in [0.15, 0.2) is 0 Å². The Morgan fingerprint density at radius 3 is 0.171 bits per heavy atom. The van der Waals surface area contributed by atoms with Crippen LogP contribution in [-0.2, 0) is 2680 Å². The minimum atomic E-state index is -0.887. The van der Waals surface area contributed by atoms with E-state index < -0.39 is 5.54 Å². The maximum Gasteiger partial charge on any atom is 0 e. The third kappa shape index (κ3) is 807. The monoisotopic (exact) mass is 7630 g/mol. The normalized spacial score (nSPS) is 1.09. The fourth-order valence-electron chi connectivity index (χ4n) is 0.276. The quantitative estimate of drug-likeness (QED) is 0.247. The molecule has 0 saturated carbocycles. The predicted molar refractivity (Wildman–Crippen MR) is 127 cm³/mol. The molecule has 82 radical (unpaired) electrons. The van der Waals surface area contributed by atoms with Crippen molar-refractivity contribution in [2.45, 2.75) is 81.2 Å². The van der Waals surface area contributed by atoms with Gasteiger partial charge in [0.15, 0.2) is 0 Å². The molecule has 0 atom stereocenters. The van der Waals surface area contributed by atoms with Crippen molar-refractivity contribution in [1.29, 1.82) is 0 Å². The molecule has 0 aliphatic rings. The van der Waals surface area contributed by atoms with Crippen LogP contribution in [-0.4, -0.2) is 5.54 Å². The van der Waals surface area contributed by atoms with E-state index in [2.05, 4.69) is 20.8 Å². The molecular weight excluding hydrogens is 7570 g/mol. The summed E-state index contributed by atoms with van der Waals surface area (Å²) >= 11 is 0. The van der Waals surface area contributed by atoms with Gasteiger partial charge in [0.1, 0.15) is 0 Å². The molecule has 0 spiro atoms. The van der Waals surface area contributed by atoms with E-state index in [-0.39, 0.29) is 2730 Å². The fourth-order valence-corrected chi connectivity index (χ4v) is 0.276. The molecule has 0 aromatic heterocycles. The van der Waals surface area contributed by atoms with Gasteiger partial charge >= 0.3 is 0 Å². The maximum atomic E-state index is 7.01. The van der Waals surface area contributed by atoms with Crippen molar-refractivity contribution in [1.82, 2.24) is 0 Å². The predicted octanol–water partition coefficient (Wildman–Crippen LogP) is 9.50. The molecule has 0 fully saturated rings. The Bertz CT molecular complexity index is 124. The molecule has 0 unspecified atom stereocenters. The third-order valence-corrected chi connectivity index (χ3v) is 0.535. The second-order valence-electron chi connectivity index (χ2n) is 1.65. The fraction of sp³-hybridized carbons (Fsp3) is 0.545. The average Bonchev–Trinajstić information content (AvgIpc) is 2.40. The summed E-state index contributed by atoms with van der Waals surface area (Å²) in [5, 5.41) is 0. The Morgan fingerprint density at radius 1 is 0.143 bits per heavy atom. The van der Waals surface area contributed by atoms with Crippen LogP contribution in [0.4, 0.5) is 0 Å². The summed E-state index contributed by atoms with van der Waals surface area (Å²) in [7, 11) is 0. The first-order chi connectivity index (χ1) is 8.06. The standard InChI is InChI=1S/C6H10N.5C2H6.6CH3.82Y/c1-4-5-6(2,3)7;5*1-2;;;;;;;;;;;;;;;;;;;;;;;;;;;;;;;;;;;;;;;;;;;;;;;;;;;;;;;;;;;;;;;;;;;;;;;;;;;;;;;;;;;;;;;;/h5,7H,1-4H2;5*1-2H3;6*1H3;;;;;;;;;;;;;;;;;;;;;;;;;;;;;;;;;;;;;;;;;;;;;;;;;;;;;;;;;;;;;;;;;;;;;;;;;;;;;;;;;;/q-5;;;;;;6*-1;;;;;;;;;;;;;;;;;;;;;;;;;;;;;;;;;;;;;;;;;;;;;;;;;;;;;;;;;;;;;;;;;;;;;;;;;;;;;;;;;;. The van der Waals surface area contributed by atoms with Crippen molar-refractivity contribution in [2.75, 3.05) is 0 Å². The molecule has 0 aromatic carbocycles. The van der Waals surface area contributed by atoms with Crippen LogP contribution in [0, 0.1) is 71.8 Å². The van der Waals surface area contributed by atoms with Crippen molar-refractivity contribution < 1.29 is 2680 Å². The van der Waals surface area contributed by atoms with Gasteiger partial charge < -0.3 is 89.4 Å². The topological polar surface area (TPSA) is 23.8 Å². The zero-order valence-corrected chi connectivity index (χ0v) is 300. The molecule has 0 bridgehead atoms. The van der Waals surface area contributed by atoms with Crippen molar-refractivity contribution in [3.8, 4) is 0 Å². The SMILES string of the molecule is CC.CC.CC.CC.CC.[CH2-]C[CH-]C([CH2-])([CH2-])[NH-].[CH3-].[CH3-].[CH3-].[CH3-].[CH3-].[CH3-].[Y].[Y].[Y].[Y].[Y].[Y].[Y].[Y].[Y].[Y].[Y].[Y].[Y].[Y].[Y].[Y].[Y].[Y].[Y].[Y].[Y].[Y].[Y].[Y].[Y].[Y].[Y].[Y].[Y].[Y].[Y].[Y].[Y].[Y].[Y].[Y].[Y].[Y].[Y].[Y].[Y].[Y].[Y].[Y].[Y].[Y].[Y].[Y].[Y].[Y].[Y].[Y].[Y].[Y].[Y].[Y].[Y].[Y].[Y].[Y].[Y].[Y].[Y].[Y].[Y].[Y].[Y].[Y].[Y].[Y].[Y].[Y].[Y].[Y].[Y].[Y].[Y].[Y].[Y].[Y].[Y].[Y]. The van der Waals surface area contributed by atoms with Gasteiger partial charge in [-0.05, 0) is 0 Å². The first-order valence-corrected chi connectivity index (χ1v) is 7.15. The molecule has 1 N–H and O–H groups in total.